The zero-order valence-electron chi connectivity index (χ0n) is 12.3. The Hall–Kier alpha value is -0.610. The van der Waals surface area contributed by atoms with E-state index in [-0.39, 0.29) is 24.0 Å². The molecule has 0 radical (unpaired) electrons. The van der Waals surface area contributed by atoms with Gasteiger partial charge in [-0.3, -0.25) is 4.79 Å². The summed E-state index contributed by atoms with van der Waals surface area (Å²) in [7, 11) is 0. The van der Waals surface area contributed by atoms with E-state index in [4.69, 9.17) is 5.11 Å². The molecule has 0 aromatic heterocycles. The summed E-state index contributed by atoms with van der Waals surface area (Å²) >= 11 is 0. The predicted molar refractivity (Wildman–Crippen MR) is 75.8 cm³/mol. The average Bonchev–Trinajstić information content (AvgIpc) is 2.38. The first kappa shape index (κ1) is 14.8. The number of amides is 1. The molecule has 110 valence electrons. The molecule has 0 bridgehead atoms. The van der Waals surface area contributed by atoms with Crippen molar-refractivity contribution in [2.75, 3.05) is 26.2 Å². The Morgan fingerprint density at radius 1 is 1.42 bits per heavy atom. The fraction of sp³-hybridized carbons (Fsp3) is 0.933. The third-order valence-electron chi connectivity index (χ3n) is 4.74. The van der Waals surface area contributed by atoms with Gasteiger partial charge in [-0.1, -0.05) is 13.8 Å². The normalized spacial score (nSPS) is 31.2. The summed E-state index contributed by atoms with van der Waals surface area (Å²) in [6.45, 7) is 7.28. The lowest BCUT2D eigenvalue weighted by Crippen LogP contribution is -2.58. The first-order valence-corrected chi connectivity index (χ1v) is 7.67. The van der Waals surface area contributed by atoms with Crippen molar-refractivity contribution in [1.29, 1.82) is 0 Å². The van der Waals surface area contributed by atoms with Gasteiger partial charge < -0.3 is 15.3 Å². The van der Waals surface area contributed by atoms with Gasteiger partial charge in [-0.25, -0.2) is 0 Å². The van der Waals surface area contributed by atoms with Crippen LogP contribution in [-0.2, 0) is 4.79 Å². The maximum Gasteiger partial charge on any atom is 0.240 e. The topological polar surface area (TPSA) is 52.6 Å². The third kappa shape index (κ3) is 3.48. The number of piperidine rings is 2. The molecule has 2 heterocycles. The molecule has 19 heavy (non-hydrogen) atoms. The van der Waals surface area contributed by atoms with Crippen LogP contribution in [0.4, 0.5) is 0 Å². The quantitative estimate of drug-likeness (QED) is 0.813. The molecule has 2 saturated heterocycles. The number of aliphatic hydroxyl groups excluding tert-OH is 1. The van der Waals surface area contributed by atoms with Gasteiger partial charge in [0.05, 0.1) is 6.04 Å². The van der Waals surface area contributed by atoms with Crippen molar-refractivity contribution in [3.05, 3.63) is 0 Å². The second kappa shape index (κ2) is 6.23. The predicted octanol–water partition coefficient (Wildman–Crippen LogP) is 1.39. The molecular weight excluding hydrogens is 240 g/mol. The molecule has 4 nitrogen and oxygen atoms in total. The summed E-state index contributed by atoms with van der Waals surface area (Å²) in [5, 5.41) is 12.5. The largest absolute Gasteiger partial charge is 0.396 e. The first-order chi connectivity index (χ1) is 9.04. The standard InChI is InChI=1S/C15H28N2O2/c1-15(2)7-4-8-16-13(15)14(19)17-9-3-5-12(11-17)6-10-18/h12-13,16,18H,3-11H2,1-2H3. The highest BCUT2D eigenvalue weighted by Crippen LogP contribution is 2.32. The van der Waals surface area contributed by atoms with E-state index in [1.807, 2.05) is 4.90 Å². The van der Waals surface area contributed by atoms with Gasteiger partial charge in [0.1, 0.15) is 0 Å². The number of hydrogen-bond acceptors (Lipinski definition) is 3. The number of nitrogens with one attached hydrogen (secondary N) is 1. The number of hydrogen-bond donors (Lipinski definition) is 2. The molecule has 2 N–H and O–H groups in total. The summed E-state index contributed by atoms with van der Waals surface area (Å²) in [4.78, 5) is 14.7. The Balaban J connectivity index is 1.98. The SMILES string of the molecule is CC1(C)CCCNC1C(=O)N1CCCC(CCO)C1. The monoisotopic (exact) mass is 268 g/mol. The molecule has 4 heteroatoms. The lowest BCUT2D eigenvalue weighted by molar-refractivity contribution is -0.139. The molecular formula is C15H28N2O2. The van der Waals surface area contributed by atoms with E-state index < -0.39 is 0 Å². The van der Waals surface area contributed by atoms with Crippen LogP contribution in [0.1, 0.15) is 46.0 Å². The van der Waals surface area contributed by atoms with E-state index in [1.54, 1.807) is 0 Å². The number of rotatable bonds is 3. The molecule has 0 aliphatic carbocycles. The Morgan fingerprint density at radius 2 is 2.21 bits per heavy atom. The molecule has 2 fully saturated rings. The van der Waals surface area contributed by atoms with Gasteiger partial charge in [0.2, 0.25) is 5.91 Å². The summed E-state index contributed by atoms with van der Waals surface area (Å²) in [5.41, 5.74) is 0.0548. The molecule has 2 aliphatic rings. The van der Waals surface area contributed by atoms with Gasteiger partial charge in [0, 0.05) is 19.7 Å². The van der Waals surface area contributed by atoms with E-state index >= 15 is 0 Å². The van der Waals surface area contributed by atoms with E-state index in [0.717, 1.165) is 51.7 Å². The molecule has 2 rings (SSSR count). The van der Waals surface area contributed by atoms with Crippen LogP contribution in [0.3, 0.4) is 0 Å². The summed E-state index contributed by atoms with van der Waals surface area (Å²) in [6.07, 6.45) is 5.31. The highest BCUT2D eigenvalue weighted by Gasteiger charge is 2.40. The third-order valence-corrected chi connectivity index (χ3v) is 4.74. The fourth-order valence-corrected chi connectivity index (χ4v) is 3.50. The van der Waals surface area contributed by atoms with E-state index in [2.05, 4.69) is 19.2 Å². The van der Waals surface area contributed by atoms with Crippen LogP contribution in [0.25, 0.3) is 0 Å². The van der Waals surface area contributed by atoms with E-state index in [0.29, 0.717) is 5.92 Å². The zero-order valence-corrected chi connectivity index (χ0v) is 12.3. The second-order valence-electron chi connectivity index (χ2n) is 6.78. The van der Waals surface area contributed by atoms with Gasteiger partial charge in [-0.2, -0.15) is 0 Å². The van der Waals surface area contributed by atoms with Crippen LogP contribution < -0.4 is 5.32 Å². The molecule has 0 aromatic rings. The van der Waals surface area contributed by atoms with Crippen molar-refractivity contribution in [3.8, 4) is 0 Å². The van der Waals surface area contributed by atoms with Crippen molar-refractivity contribution in [2.45, 2.75) is 52.0 Å². The first-order valence-electron chi connectivity index (χ1n) is 7.67. The van der Waals surface area contributed by atoms with Crippen LogP contribution in [-0.4, -0.2) is 48.2 Å². The molecule has 2 unspecified atom stereocenters. The maximum atomic E-state index is 12.7. The van der Waals surface area contributed by atoms with Crippen molar-refractivity contribution in [1.82, 2.24) is 10.2 Å². The van der Waals surface area contributed by atoms with E-state index in [9.17, 15) is 4.79 Å². The lowest BCUT2D eigenvalue weighted by Gasteiger charge is -2.42. The minimum absolute atomic E-state index is 0.0332. The number of carbonyl (C=O) groups is 1. The van der Waals surface area contributed by atoms with Gasteiger partial charge in [-0.15, -0.1) is 0 Å². The molecule has 2 atom stereocenters. The van der Waals surface area contributed by atoms with Gasteiger partial charge in [0.25, 0.3) is 0 Å². The van der Waals surface area contributed by atoms with Crippen LogP contribution in [0.15, 0.2) is 0 Å². The van der Waals surface area contributed by atoms with Gasteiger partial charge >= 0.3 is 0 Å². The van der Waals surface area contributed by atoms with Gasteiger partial charge in [0.15, 0.2) is 0 Å². The van der Waals surface area contributed by atoms with Crippen molar-refractivity contribution < 1.29 is 9.90 Å². The number of aliphatic hydroxyl groups is 1. The highest BCUT2D eigenvalue weighted by molar-refractivity contribution is 5.83. The Morgan fingerprint density at radius 3 is 2.89 bits per heavy atom. The minimum atomic E-state index is -0.0332. The molecule has 2 aliphatic heterocycles. The summed E-state index contributed by atoms with van der Waals surface area (Å²) in [6, 6.07) is -0.0332. The zero-order chi connectivity index (χ0) is 13.9. The molecule has 0 spiro atoms. The Labute approximate surface area is 116 Å². The molecule has 1 amide bonds. The highest BCUT2D eigenvalue weighted by atomic mass is 16.3. The fourth-order valence-electron chi connectivity index (χ4n) is 3.50. The Bertz CT molecular complexity index is 315. The number of carbonyl (C=O) groups excluding carboxylic acids is 1. The molecule has 0 aromatic carbocycles. The van der Waals surface area contributed by atoms with E-state index in [1.165, 1.54) is 0 Å². The van der Waals surface area contributed by atoms with Gasteiger partial charge in [-0.05, 0) is 50.0 Å². The smallest absolute Gasteiger partial charge is 0.240 e. The Kier molecular flexibility index (Phi) is 4.85. The number of nitrogens with zero attached hydrogens (tertiary/aromatic N) is 1. The maximum absolute atomic E-state index is 12.7. The number of likely N-dealkylation sites (tertiary alicyclic amines) is 1. The van der Waals surface area contributed by atoms with Crippen LogP contribution in [0.2, 0.25) is 0 Å². The van der Waals surface area contributed by atoms with Crippen molar-refractivity contribution in [3.63, 3.8) is 0 Å². The van der Waals surface area contributed by atoms with Crippen molar-refractivity contribution >= 4 is 5.91 Å². The second-order valence-corrected chi connectivity index (χ2v) is 6.78. The average molecular weight is 268 g/mol. The van der Waals surface area contributed by atoms with Crippen molar-refractivity contribution in [2.24, 2.45) is 11.3 Å². The lowest BCUT2D eigenvalue weighted by atomic mass is 9.76. The van der Waals surface area contributed by atoms with Crippen LogP contribution in [0, 0.1) is 11.3 Å². The van der Waals surface area contributed by atoms with Crippen LogP contribution >= 0.6 is 0 Å². The minimum Gasteiger partial charge on any atom is -0.396 e. The summed E-state index contributed by atoms with van der Waals surface area (Å²) < 4.78 is 0. The molecule has 0 saturated carbocycles. The summed E-state index contributed by atoms with van der Waals surface area (Å²) in [5.74, 6) is 0.752. The van der Waals surface area contributed by atoms with Crippen LogP contribution in [0.5, 0.6) is 0 Å².